The van der Waals surface area contributed by atoms with Gasteiger partial charge in [0.15, 0.2) is 0 Å². The standard InChI is InChI=1S/C11H16BrN5O/c1-2-13-11-15-6-8(12)10(17-11)16-7-3-4-9(18)14-5-7/h6-7H,2-5H2,1H3,(H,14,18)(H2,13,15,16,17). The van der Waals surface area contributed by atoms with Crippen molar-refractivity contribution in [3.05, 3.63) is 10.7 Å². The van der Waals surface area contributed by atoms with E-state index < -0.39 is 0 Å². The van der Waals surface area contributed by atoms with Gasteiger partial charge < -0.3 is 16.0 Å². The summed E-state index contributed by atoms with van der Waals surface area (Å²) in [4.78, 5) is 19.6. The number of piperidine rings is 1. The van der Waals surface area contributed by atoms with Crippen molar-refractivity contribution in [2.75, 3.05) is 23.7 Å². The lowest BCUT2D eigenvalue weighted by atomic mass is 10.1. The van der Waals surface area contributed by atoms with Crippen molar-refractivity contribution in [3.63, 3.8) is 0 Å². The van der Waals surface area contributed by atoms with Crippen molar-refractivity contribution in [1.82, 2.24) is 15.3 Å². The second kappa shape index (κ2) is 5.99. The topological polar surface area (TPSA) is 78.9 Å². The summed E-state index contributed by atoms with van der Waals surface area (Å²) >= 11 is 3.42. The fourth-order valence-corrected chi connectivity index (χ4v) is 2.07. The third kappa shape index (κ3) is 3.32. The average molecular weight is 314 g/mol. The van der Waals surface area contributed by atoms with Crippen LogP contribution in [0.5, 0.6) is 0 Å². The lowest BCUT2D eigenvalue weighted by Crippen LogP contribution is -2.42. The molecule has 98 valence electrons. The molecule has 2 heterocycles. The van der Waals surface area contributed by atoms with Gasteiger partial charge in [0.1, 0.15) is 5.82 Å². The van der Waals surface area contributed by atoms with Crippen LogP contribution in [-0.4, -0.2) is 35.0 Å². The molecule has 1 aromatic heterocycles. The molecule has 1 amide bonds. The predicted octanol–water partition coefficient (Wildman–Crippen LogP) is 1.36. The Labute approximate surface area is 114 Å². The molecule has 0 radical (unpaired) electrons. The minimum atomic E-state index is 0.114. The summed E-state index contributed by atoms with van der Waals surface area (Å²) in [5.41, 5.74) is 0. The van der Waals surface area contributed by atoms with Crippen LogP contribution < -0.4 is 16.0 Å². The third-order valence-corrected chi connectivity index (χ3v) is 3.27. The van der Waals surface area contributed by atoms with Crippen LogP contribution in [0, 0.1) is 0 Å². The largest absolute Gasteiger partial charge is 0.364 e. The number of amides is 1. The first-order valence-corrected chi connectivity index (χ1v) is 6.78. The summed E-state index contributed by atoms with van der Waals surface area (Å²) in [6, 6.07) is 0.211. The highest BCUT2D eigenvalue weighted by Gasteiger charge is 2.19. The van der Waals surface area contributed by atoms with Crippen molar-refractivity contribution in [2.24, 2.45) is 0 Å². The molecule has 1 unspecified atom stereocenters. The number of nitrogens with one attached hydrogen (secondary N) is 3. The van der Waals surface area contributed by atoms with Crippen LogP contribution in [0.4, 0.5) is 11.8 Å². The molecular formula is C11H16BrN5O. The van der Waals surface area contributed by atoms with E-state index in [4.69, 9.17) is 0 Å². The molecule has 18 heavy (non-hydrogen) atoms. The first-order chi connectivity index (χ1) is 8.69. The molecule has 0 aliphatic carbocycles. The van der Waals surface area contributed by atoms with E-state index in [1.165, 1.54) is 0 Å². The van der Waals surface area contributed by atoms with E-state index >= 15 is 0 Å². The third-order valence-electron chi connectivity index (χ3n) is 2.69. The van der Waals surface area contributed by atoms with E-state index in [0.29, 0.717) is 18.9 Å². The maximum Gasteiger partial charge on any atom is 0.224 e. The highest BCUT2D eigenvalue weighted by Crippen LogP contribution is 2.22. The molecule has 2 rings (SSSR count). The summed E-state index contributed by atoms with van der Waals surface area (Å²) in [5, 5.41) is 9.22. The molecule has 0 saturated carbocycles. The monoisotopic (exact) mass is 313 g/mol. The molecule has 0 aromatic carbocycles. The van der Waals surface area contributed by atoms with Gasteiger partial charge in [-0.05, 0) is 29.3 Å². The van der Waals surface area contributed by atoms with Gasteiger partial charge >= 0.3 is 0 Å². The molecule has 6 nitrogen and oxygen atoms in total. The second-order valence-electron chi connectivity index (χ2n) is 4.10. The predicted molar refractivity (Wildman–Crippen MR) is 73.6 cm³/mol. The van der Waals surface area contributed by atoms with Gasteiger partial charge in [-0.15, -0.1) is 0 Å². The maximum absolute atomic E-state index is 11.1. The van der Waals surface area contributed by atoms with Crippen molar-refractivity contribution >= 4 is 33.6 Å². The fourth-order valence-electron chi connectivity index (χ4n) is 1.76. The zero-order valence-corrected chi connectivity index (χ0v) is 11.7. The molecule has 1 aliphatic heterocycles. The van der Waals surface area contributed by atoms with Gasteiger partial charge in [0.2, 0.25) is 11.9 Å². The van der Waals surface area contributed by atoms with E-state index in [1.54, 1.807) is 6.20 Å². The Morgan fingerprint density at radius 3 is 3.11 bits per heavy atom. The molecule has 1 atom stereocenters. The van der Waals surface area contributed by atoms with Gasteiger partial charge in [-0.3, -0.25) is 4.79 Å². The maximum atomic E-state index is 11.1. The number of hydrogen-bond acceptors (Lipinski definition) is 5. The molecule has 0 spiro atoms. The fraction of sp³-hybridized carbons (Fsp3) is 0.545. The average Bonchev–Trinajstić information content (AvgIpc) is 2.36. The Bertz CT molecular complexity index is 429. The van der Waals surface area contributed by atoms with Crippen molar-refractivity contribution < 1.29 is 4.79 Å². The van der Waals surface area contributed by atoms with Crippen LogP contribution in [0.15, 0.2) is 10.7 Å². The first-order valence-electron chi connectivity index (χ1n) is 5.98. The lowest BCUT2D eigenvalue weighted by Gasteiger charge is -2.24. The summed E-state index contributed by atoms with van der Waals surface area (Å²) < 4.78 is 0.820. The summed E-state index contributed by atoms with van der Waals surface area (Å²) in [5.74, 6) is 1.47. The molecule has 1 aliphatic rings. The SMILES string of the molecule is CCNc1ncc(Br)c(NC2CCC(=O)NC2)n1. The highest BCUT2D eigenvalue weighted by molar-refractivity contribution is 9.10. The van der Waals surface area contributed by atoms with Crippen LogP contribution >= 0.6 is 15.9 Å². The molecule has 0 bridgehead atoms. The smallest absolute Gasteiger partial charge is 0.224 e. The zero-order chi connectivity index (χ0) is 13.0. The van der Waals surface area contributed by atoms with Crippen molar-refractivity contribution in [2.45, 2.75) is 25.8 Å². The van der Waals surface area contributed by atoms with Crippen LogP contribution in [0.25, 0.3) is 0 Å². The van der Waals surface area contributed by atoms with Crippen LogP contribution in [0.1, 0.15) is 19.8 Å². The number of anilines is 2. The minimum Gasteiger partial charge on any atom is -0.364 e. The van der Waals surface area contributed by atoms with Crippen LogP contribution in [0.3, 0.4) is 0 Å². The van der Waals surface area contributed by atoms with Crippen LogP contribution in [-0.2, 0) is 4.79 Å². The summed E-state index contributed by atoms with van der Waals surface area (Å²) in [6.07, 6.45) is 3.09. The number of nitrogens with zero attached hydrogens (tertiary/aromatic N) is 2. The molecule has 1 fully saturated rings. The lowest BCUT2D eigenvalue weighted by molar-refractivity contribution is -0.122. The van der Waals surface area contributed by atoms with Gasteiger partial charge in [-0.1, -0.05) is 0 Å². The highest BCUT2D eigenvalue weighted by atomic mass is 79.9. The molecule has 1 saturated heterocycles. The van der Waals surface area contributed by atoms with E-state index in [9.17, 15) is 4.79 Å². The number of carbonyl (C=O) groups excluding carboxylic acids is 1. The summed E-state index contributed by atoms with van der Waals surface area (Å²) in [6.45, 7) is 3.40. The van der Waals surface area contributed by atoms with Gasteiger partial charge in [0, 0.05) is 31.7 Å². The summed E-state index contributed by atoms with van der Waals surface area (Å²) in [7, 11) is 0. The van der Waals surface area contributed by atoms with E-state index in [2.05, 4.69) is 41.8 Å². The van der Waals surface area contributed by atoms with E-state index in [0.717, 1.165) is 23.3 Å². The van der Waals surface area contributed by atoms with Crippen molar-refractivity contribution in [1.29, 1.82) is 0 Å². The van der Waals surface area contributed by atoms with Gasteiger partial charge in [0.25, 0.3) is 0 Å². The van der Waals surface area contributed by atoms with Gasteiger partial charge in [-0.25, -0.2) is 4.98 Å². The number of rotatable bonds is 4. The number of hydrogen-bond donors (Lipinski definition) is 3. The molecule has 1 aromatic rings. The molecule has 7 heteroatoms. The number of halogens is 1. The van der Waals surface area contributed by atoms with E-state index in [-0.39, 0.29) is 11.9 Å². The van der Waals surface area contributed by atoms with Crippen LogP contribution in [0.2, 0.25) is 0 Å². The quantitative estimate of drug-likeness (QED) is 0.782. The molecule has 3 N–H and O–H groups in total. The Balaban J connectivity index is 2.03. The first kappa shape index (κ1) is 13.1. The zero-order valence-electron chi connectivity index (χ0n) is 10.2. The van der Waals surface area contributed by atoms with Gasteiger partial charge in [0.05, 0.1) is 4.47 Å². The number of aromatic nitrogens is 2. The molecular weight excluding hydrogens is 298 g/mol. The van der Waals surface area contributed by atoms with E-state index in [1.807, 2.05) is 6.92 Å². The minimum absolute atomic E-state index is 0.114. The second-order valence-corrected chi connectivity index (χ2v) is 4.96. The van der Waals surface area contributed by atoms with Gasteiger partial charge in [-0.2, -0.15) is 4.98 Å². The Kier molecular flexibility index (Phi) is 4.35. The van der Waals surface area contributed by atoms with Crippen molar-refractivity contribution in [3.8, 4) is 0 Å². The Hall–Kier alpha value is -1.37. The Morgan fingerprint density at radius 2 is 2.44 bits per heavy atom. The Morgan fingerprint density at radius 1 is 1.61 bits per heavy atom. The number of carbonyl (C=O) groups is 1. The normalized spacial score (nSPS) is 19.2.